The second kappa shape index (κ2) is 8.86. The Morgan fingerprint density at radius 2 is 1.39 bits per heavy atom. The molecule has 0 aliphatic heterocycles. The lowest BCUT2D eigenvalue weighted by molar-refractivity contribution is -0.123. The molecule has 0 aromatic heterocycles. The number of hydrazine groups is 1. The Hall–Kier alpha value is -3.60. The number of amides is 2. The fourth-order valence-corrected chi connectivity index (χ4v) is 2.84. The average Bonchev–Trinajstić information content (AvgIpc) is 2.70. The van der Waals surface area contributed by atoms with Gasteiger partial charge in [-0.15, -0.1) is 0 Å². The average molecular weight is 374 g/mol. The SMILES string of the molecule is Cc1cc(C)cc(OCC(=O)NNC(=O)c2ccc(-c3ccccc3)cc2)c1. The van der Waals surface area contributed by atoms with E-state index in [4.69, 9.17) is 4.74 Å². The molecule has 142 valence electrons. The monoisotopic (exact) mass is 374 g/mol. The molecule has 28 heavy (non-hydrogen) atoms. The first-order chi connectivity index (χ1) is 13.5. The maximum Gasteiger partial charge on any atom is 0.276 e. The van der Waals surface area contributed by atoms with E-state index in [-0.39, 0.29) is 12.5 Å². The Bertz CT molecular complexity index is 947. The standard InChI is InChI=1S/C23H22N2O3/c1-16-12-17(2)14-21(13-16)28-15-22(26)24-25-23(27)20-10-8-19(9-11-20)18-6-4-3-5-7-18/h3-14H,15H2,1-2H3,(H,24,26)(H,25,27). The van der Waals surface area contributed by atoms with Gasteiger partial charge in [-0.05, 0) is 60.4 Å². The molecular formula is C23H22N2O3. The summed E-state index contributed by atoms with van der Waals surface area (Å²) < 4.78 is 5.47. The first-order valence-electron chi connectivity index (χ1n) is 8.97. The summed E-state index contributed by atoms with van der Waals surface area (Å²) in [6, 6.07) is 22.8. The van der Waals surface area contributed by atoms with Gasteiger partial charge < -0.3 is 4.74 Å². The summed E-state index contributed by atoms with van der Waals surface area (Å²) in [5, 5.41) is 0. The quantitative estimate of drug-likeness (QED) is 0.668. The number of nitrogens with one attached hydrogen (secondary N) is 2. The van der Waals surface area contributed by atoms with Crippen molar-refractivity contribution in [2.24, 2.45) is 0 Å². The number of carbonyl (C=O) groups excluding carboxylic acids is 2. The number of aryl methyl sites for hydroxylation is 2. The molecule has 0 spiro atoms. The third-order valence-corrected chi connectivity index (χ3v) is 4.13. The van der Waals surface area contributed by atoms with Gasteiger partial charge in [0.15, 0.2) is 6.61 Å². The lowest BCUT2D eigenvalue weighted by Crippen LogP contribution is -2.43. The molecular weight excluding hydrogens is 352 g/mol. The van der Waals surface area contributed by atoms with Gasteiger partial charge in [0, 0.05) is 5.56 Å². The number of carbonyl (C=O) groups is 2. The highest BCUT2D eigenvalue weighted by atomic mass is 16.5. The Morgan fingerprint density at radius 1 is 0.786 bits per heavy atom. The normalized spacial score (nSPS) is 10.2. The van der Waals surface area contributed by atoms with Crippen LogP contribution in [0.4, 0.5) is 0 Å². The highest BCUT2D eigenvalue weighted by Crippen LogP contribution is 2.19. The summed E-state index contributed by atoms with van der Waals surface area (Å²) in [5.41, 5.74) is 9.42. The van der Waals surface area contributed by atoms with Crippen LogP contribution in [0.2, 0.25) is 0 Å². The van der Waals surface area contributed by atoms with Gasteiger partial charge in [-0.2, -0.15) is 0 Å². The van der Waals surface area contributed by atoms with Crippen molar-refractivity contribution in [3.8, 4) is 16.9 Å². The largest absolute Gasteiger partial charge is 0.484 e. The minimum atomic E-state index is -0.437. The van der Waals surface area contributed by atoms with Crippen molar-refractivity contribution in [2.75, 3.05) is 6.61 Å². The highest BCUT2D eigenvalue weighted by molar-refractivity contribution is 5.95. The summed E-state index contributed by atoms with van der Waals surface area (Å²) in [6.45, 7) is 3.74. The Labute approximate surface area is 164 Å². The summed E-state index contributed by atoms with van der Waals surface area (Å²) in [6.07, 6.45) is 0. The molecule has 3 aromatic carbocycles. The first kappa shape index (κ1) is 19.2. The van der Waals surface area contributed by atoms with Crippen LogP contribution < -0.4 is 15.6 Å². The van der Waals surface area contributed by atoms with Crippen LogP contribution >= 0.6 is 0 Å². The van der Waals surface area contributed by atoms with Crippen molar-refractivity contribution < 1.29 is 14.3 Å². The van der Waals surface area contributed by atoms with Gasteiger partial charge in [-0.3, -0.25) is 20.4 Å². The van der Waals surface area contributed by atoms with Crippen LogP contribution in [0.25, 0.3) is 11.1 Å². The fraction of sp³-hybridized carbons (Fsp3) is 0.130. The molecule has 0 aliphatic carbocycles. The van der Waals surface area contributed by atoms with E-state index in [0.29, 0.717) is 11.3 Å². The third kappa shape index (κ3) is 5.20. The zero-order valence-corrected chi connectivity index (χ0v) is 15.9. The predicted octanol–water partition coefficient (Wildman–Crippen LogP) is 3.81. The summed E-state index contributed by atoms with van der Waals surface area (Å²) in [5.74, 6) is -0.205. The maximum atomic E-state index is 12.2. The Kier molecular flexibility index (Phi) is 6.07. The number of ether oxygens (including phenoxy) is 1. The molecule has 0 saturated heterocycles. The second-order valence-corrected chi connectivity index (χ2v) is 6.56. The van der Waals surface area contributed by atoms with Crippen LogP contribution in [0.5, 0.6) is 5.75 Å². The van der Waals surface area contributed by atoms with Gasteiger partial charge in [0.25, 0.3) is 11.8 Å². The van der Waals surface area contributed by atoms with Crippen molar-refractivity contribution in [3.63, 3.8) is 0 Å². The van der Waals surface area contributed by atoms with E-state index in [1.807, 2.05) is 74.5 Å². The van der Waals surface area contributed by atoms with Crippen LogP contribution in [0.1, 0.15) is 21.5 Å². The number of benzene rings is 3. The third-order valence-electron chi connectivity index (χ3n) is 4.13. The van der Waals surface area contributed by atoms with Gasteiger partial charge >= 0.3 is 0 Å². The molecule has 0 saturated carbocycles. The molecule has 0 heterocycles. The van der Waals surface area contributed by atoms with E-state index < -0.39 is 5.91 Å². The van der Waals surface area contributed by atoms with Crippen molar-refractivity contribution in [2.45, 2.75) is 13.8 Å². The topological polar surface area (TPSA) is 67.4 Å². The predicted molar refractivity (Wildman–Crippen MR) is 109 cm³/mol. The minimum Gasteiger partial charge on any atom is -0.484 e. The van der Waals surface area contributed by atoms with Gasteiger partial charge in [-0.1, -0.05) is 48.5 Å². The molecule has 0 aliphatic rings. The molecule has 0 unspecified atom stereocenters. The molecule has 0 atom stereocenters. The lowest BCUT2D eigenvalue weighted by Gasteiger charge is -2.10. The van der Waals surface area contributed by atoms with Crippen LogP contribution in [-0.4, -0.2) is 18.4 Å². The summed E-state index contributed by atoms with van der Waals surface area (Å²) >= 11 is 0. The molecule has 2 amide bonds. The number of hydrogen-bond donors (Lipinski definition) is 2. The molecule has 0 radical (unpaired) electrons. The van der Waals surface area contributed by atoms with Crippen LogP contribution in [0.15, 0.2) is 72.8 Å². The molecule has 2 N–H and O–H groups in total. The van der Waals surface area contributed by atoms with Crippen molar-refractivity contribution in [1.82, 2.24) is 10.9 Å². The summed E-state index contributed by atoms with van der Waals surface area (Å²) in [7, 11) is 0. The smallest absolute Gasteiger partial charge is 0.276 e. The molecule has 5 nitrogen and oxygen atoms in total. The number of hydrogen-bond acceptors (Lipinski definition) is 3. The highest BCUT2D eigenvalue weighted by Gasteiger charge is 2.09. The van der Waals surface area contributed by atoms with Crippen LogP contribution in [0, 0.1) is 13.8 Å². The lowest BCUT2D eigenvalue weighted by atomic mass is 10.0. The number of rotatable bonds is 5. The van der Waals surface area contributed by atoms with Crippen LogP contribution in [0.3, 0.4) is 0 Å². The molecule has 3 aromatic rings. The summed E-state index contributed by atoms with van der Waals surface area (Å²) in [4.78, 5) is 24.1. The first-order valence-corrected chi connectivity index (χ1v) is 8.97. The molecule has 5 heteroatoms. The van der Waals surface area contributed by atoms with E-state index in [1.54, 1.807) is 12.1 Å². The van der Waals surface area contributed by atoms with E-state index in [1.165, 1.54) is 0 Å². The fourth-order valence-electron chi connectivity index (χ4n) is 2.84. The van der Waals surface area contributed by atoms with E-state index >= 15 is 0 Å². The van der Waals surface area contributed by atoms with Crippen LogP contribution in [-0.2, 0) is 4.79 Å². The van der Waals surface area contributed by atoms with Crippen molar-refractivity contribution in [1.29, 1.82) is 0 Å². The van der Waals surface area contributed by atoms with E-state index in [9.17, 15) is 9.59 Å². The Morgan fingerprint density at radius 3 is 2.04 bits per heavy atom. The van der Waals surface area contributed by atoms with Crippen molar-refractivity contribution in [3.05, 3.63) is 89.5 Å². The van der Waals surface area contributed by atoms with E-state index in [2.05, 4.69) is 10.9 Å². The Balaban J connectivity index is 1.50. The maximum absolute atomic E-state index is 12.2. The van der Waals surface area contributed by atoms with Gasteiger partial charge in [0.05, 0.1) is 0 Å². The second-order valence-electron chi connectivity index (χ2n) is 6.56. The minimum absolute atomic E-state index is 0.184. The van der Waals surface area contributed by atoms with Crippen molar-refractivity contribution >= 4 is 11.8 Å². The zero-order chi connectivity index (χ0) is 19.9. The molecule has 0 fully saturated rings. The van der Waals surface area contributed by atoms with Gasteiger partial charge in [-0.25, -0.2) is 0 Å². The molecule has 3 rings (SSSR count). The zero-order valence-electron chi connectivity index (χ0n) is 15.9. The van der Waals surface area contributed by atoms with Gasteiger partial charge in [0.2, 0.25) is 0 Å². The molecule has 0 bridgehead atoms. The van der Waals surface area contributed by atoms with Gasteiger partial charge in [0.1, 0.15) is 5.75 Å². The van der Waals surface area contributed by atoms with E-state index in [0.717, 1.165) is 22.3 Å².